The largest absolute Gasteiger partial charge is 0.379 e. The Morgan fingerprint density at radius 2 is 2.00 bits per heavy atom. The lowest BCUT2D eigenvalue weighted by atomic mass is 9.86. The normalized spacial score (nSPS) is 24.5. The SMILES string of the molecule is CC(NC(=O)CCCN)C1(N2CCOCC2)CCCC1. The highest BCUT2D eigenvalue weighted by Crippen LogP contribution is 2.38. The number of carbonyl (C=O) groups excluding carboxylic acids is 1. The molecule has 0 aromatic carbocycles. The molecule has 1 amide bonds. The van der Waals surface area contributed by atoms with Crippen molar-refractivity contribution in [1.82, 2.24) is 10.2 Å². The fourth-order valence-corrected chi connectivity index (χ4v) is 3.73. The molecule has 1 aliphatic carbocycles. The molecule has 3 N–H and O–H groups in total. The molecule has 1 saturated carbocycles. The van der Waals surface area contributed by atoms with Crippen molar-refractivity contribution in [2.45, 2.75) is 57.0 Å². The molecular weight excluding hydrogens is 254 g/mol. The van der Waals surface area contributed by atoms with Gasteiger partial charge >= 0.3 is 0 Å². The molecule has 0 bridgehead atoms. The summed E-state index contributed by atoms with van der Waals surface area (Å²) in [5.41, 5.74) is 5.61. The molecule has 1 heterocycles. The van der Waals surface area contributed by atoms with E-state index >= 15 is 0 Å². The molecule has 5 nitrogen and oxygen atoms in total. The van der Waals surface area contributed by atoms with E-state index < -0.39 is 0 Å². The van der Waals surface area contributed by atoms with Gasteiger partial charge in [0, 0.05) is 31.1 Å². The lowest BCUT2D eigenvalue weighted by molar-refractivity contribution is -0.123. The number of ether oxygens (including phenoxy) is 1. The van der Waals surface area contributed by atoms with Gasteiger partial charge in [0.05, 0.1) is 13.2 Å². The zero-order chi connectivity index (χ0) is 14.4. The van der Waals surface area contributed by atoms with Gasteiger partial charge in [0.2, 0.25) is 5.91 Å². The van der Waals surface area contributed by atoms with Gasteiger partial charge in [-0.2, -0.15) is 0 Å². The van der Waals surface area contributed by atoms with Crippen molar-refractivity contribution >= 4 is 5.91 Å². The highest BCUT2D eigenvalue weighted by molar-refractivity contribution is 5.76. The van der Waals surface area contributed by atoms with E-state index in [4.69, 9.17) is 10.5 Å². The molecule has 116 valence electrons. The number of rotatable bonds is 6. The van der Waals surface area contributed by atoms with E-state index in [1.807, 2.05) is 0 Å². The molecule has 0 aromatic rings. The second-order valence-corrected chi connectivity index (χ2v) is 6.09. The monoisotopic (exact) mass is 283 g/mol. The van der Waals surface area contributed by atoms with Gasteiger partial charge in [-0.25, -0.2) is 0 Å². The molecule has 20 heavy (non-hydrogen) atoms. The fraction of sp³-hybridized carbons (Fsp3) is 0.933. The summed E-state index contributed by atoms with van der Waals surface area (Å²) >= 11 is 0. The van der Waals surface area contributed by atoms with Gasteiger partial charge in [-0.3, -0.25) is 9.69 Å². The molecule has 1 unspecified atom stereocenters. The second kappa shape index (κ2) is 7.38. The van der Waals surface area contributed by atoms with Gasteiger partial charge in [-0.1, -0.05) is 12.8 Å². The van der Waals surface area contributed by atoms with Gasteiger partial charge in [-0.15, -0.1) is 0 Å². The molecular formula is C15H29N3O2. The molecule has 2 rings (SSSR count). The number of amides is 1. The van der Waals surface area contributed by atoms with Crippen molar-refractivity contribution in [2.75, 3.05) is 32.8 Å². The van der Waals surface area contributed by atoms with E-state index in [9.17, 15) is 4.79 Å². The van der Waals surface area contributed by atoms with Crippen molar-refractivity contribution in [2.24, 2.45) is 5.73 Å². The van der Waals surface area contributed by atoms with Crippen LogP contribution in [-0.4, -0.2) is 55.2 Å². The van der Waals surface area contributed by atoms with E-state index in [0.717, 1.165) is 32.7 Å². The van der Waals surface area contributed by atoms with E-state index in [0.29, 0.717) is 13.0 Å². The van der Waals surface area contributed by atoms with Gasteiger partial charge < -0.3 is 15.8 Å². The van der Waals surface area contributed by atoms with Crippen LogP contribution in [0, 0.1) is 0 Å². The molecule has 1 saturated heterocycles. The number of nitrogens with zero attached hydrogens (tertiary/aromatic N) is 1. The fourth-order valence-electron chi connectivity index (χ4n) is 3.73. The summed E-state index contributed by atoms with van der Waals surface area (Å²) in [5, 5.41) is 3.22. The number of carbonyl (C=O) groups is 1. The predicted molar refractivity (Wildman–Crippen MR) is 79.5 cm³/mol. The maximum Gasteiger partial charge on any atom is 0.220 e. The van der Waals surface area contributed by atoms with Crippen LogP contribution < -0.4 is 11.1 Å². The third-order valence-corrected chi connectivity index (χ3v) is 4.90. The number of hydrogen-bond acceptors (Lipinski definition) is 4. The van der Waals surface area contributed by atoms with Crippen LogP contribution in [0.1, 0.15) is 45.4 Å². The number of hydrogen-bond donors (Lipinski definition) is 2. The average Bonchev–Trinajstić information content (AvgIpc) is 2.97. The van der Waals surface area contributed by atoms with Gasteiger partial charge in [0.15, 0.2) is 0 Å². The maximum absolute atomic E-state index is 12.0. The van der Waals surface area contributed by atoms with Crippen molar-refractivity contribution in [3.8, 4) is 0 Å². The molecule has 2 aliphatic rings. The van der Waals surface area contributed by atoms with E-state index in [-0.39, 0.29) is 17.5 Å². The lowest BCUT2D eigenvalue weighted by Crippen LogP contribution is -2.62. The summed E-state index contributed by atoms with van der Waals surface area (Å²) in [4.78, 5) is 14.5. The Bertz CT molecular complexity index is 310. The molecule has 1 aliphatic heterocycles. The third-order valence-electron chi connectivity index (χ3n) is 4.90. The summed E-state index contributed by atoms with van der Waals surface area (Å²) < 4.78 is 5.48. The summed E-state index contributed by atoms with van der Waals surface area (Å²) in [6.07, 6.45) is 6.21. The van der Waals surface area contributed by atoms with Crippen molar-refractivity contribution in [3.63, 3.8) is 0 Å². The van der Waals surface area contributed by atoms with Crippen LogP contribution in [0.2, 0.25) is 0 Å². The van der Waals surface area contributed by atoms with Crippen molar-refractivity contribution in [1.29, 1.82) is 0 Å². The van der Waals surface area contributed by atoms with Crippen LogP contribution >= 0.6 is 0 Å². The van der Waals surface area contributed by atoms with Crippen molar-refractivity contribution < 1.29 is 9.53 Å². The van der Waals surface area contributed by atoms with Crippen LogP contribution in [0.3, 0.4) is 0 Å². The first-order valence-corrected chi connectivity index (χ1v) is 8.01. The predicted octanol–water partition coefficient (Wildman–Crippen LogP) is 0.875. The van der Waals surface area contributed by atoms with Gasteiger partial charge in [-0.05, 0) is 32.7 Å². The van der Waals surface area contributed by atoms with Gasteiger partial charge in [0.25, 0.3) is 0 Å². The number of morpholine rings is 1. The van der Waals surface area contributed by atoms with Crippen LogP contribution in [0.15, 0.2) is 0 Å². The highest BCUT2D eigenvalue weighted by Gasteiger charge is 2.44. The minimum atomic E-state index is 0.141. The molecule has 0 aromatic heterocycles. The standard InChI is InChI=1S/C15H29N3O2/c1-13(17-14(19)5-4-8-16)15(6-2-3-7-15)18-9-11-20-12-10-18/h13H,2-12,16H2,1H3,(H,17,19). The minimum absolute atomic E-state index is 0.141. The Hall–Kier alpha value is -0.650. The molecule has 2 fully saturated rings. The van der Waals surface area contributed by atoms with Crippen LogP contribution in [0.5, 0.6) is 0 Å². The van der Waals surface area contributed by atoms with E-state index in [1.54, 1.807) is 0 Å². The van der Waals surface area contributed by atoms with E-state index in [1.165, 1.54) is 25.7 Å². The van der Waals surface area contributed by atoms with Gasteiger partial charge in [0.1, 0.15) is 0 Å². The average molecular weight is 283 g/mol. The van der Waals surface area contributed by atoms with Crippen LogP contribution in [-0.2, 0) is 9.53 Å². The topological polar surface area (TPSA) is 67.6 Å². The zero-order valence-corrected chi connectivity index (χ0v) is 12.7. The first-order valence-electron chi connectivity index (χ1n) is 8.01. The molecule has 0 spiro atoms. The summed E-state index contributed by atoms with van der Waals surface area (Å²) in [6.45, 7) is 6.36. The Morgan fingerprint density at radius 1 is 1.35 bits per heavy atom. The summed E-state index contributed by atoms with van der Waals surface area (Å²) in [5.74, 6) is 0.141. The van der Waals surface area contributed by atoms with Crippen molar-refractivity contribution in [3.05, 3.63) is 0 Å². The highest BCUT2D eigenvalue weighted by atomic mass is 16.5. The second-order valence-electron chi connectivity index (χ2n) is 6.09. The molecule has 1 atom stereocenters. The Morgan fingerprint density at radius 3 is 2.60 bits per heavy atom. The van der Waals surface area contributed by atoms with E-state index in [2.05, 4.69) is 17.1 Å². The summed E-state index contributed by atoms with van der Waals surface area (Å²) in [7, 11) is 0. The first kappa shape index (κ1) is 15.7. The Kier molecular flexibility index (Phi) is 5.81. The number of nitrogens with two attached hydrogens (primary N) is 1. The molecule has 0 radical (unpaired) electrons. The van der Waals surface area contributed by atoms with Crippen LogP contribution in [0.4, 0.5) is 0 Å². The smallest absolute Gasteiger partial charge is 0.220 e. The first-order chi connectivity index (χ1) is 9.69. The maximum atomic E-state index is 12.0. The van der Waals surface area contributed by atoms with Crippen LogP contribution in [0.25, 0.3) is 0 Å². The minimum Gasteiger partial charge on any atom is -0.379 e. The molecule has 5 heteroatoms. The summed E-state index contributed by atoms with van der Waals surface area (Å²) in [6, 6.07) is 0.202. The zero-order valence-electron chi connectivity index (χ0n) is 12.7. The lowest BCUT2D eigenvalue weighted by Gasteiger charge is -2.47. The quantitative estimate of drug-likeness (QED) is 0.759. The Balaban J connectivity index is 1.97. The third kappa shape index (κ3) is 3.51. The Labute approximate surface area is 122 Å². The number of nitrogens with one attached hydrogen (secondary N) is 1.